The third kappa shape index (κ3) is 5.51. The number of anilines is 1. The number of benzene rings is 1. The maximum atomic E-state index is 12.2. The van der Waals surface area contributed by atoms with E-state index in [1.165, 1.54) is 5.56 Å². The van der Waals surface area contributed by atoms with Crippen molar-refractivity contribution in [3.63, 3.8) is 0 Å². The molecule has 0 spiro atoms. The van der Waals surface area contributed by atoms with Crippen LogP contribution in [0.15, 0.2) is 18.2 Å². The number of piperidine rings is 1. The van der Waals surface area contributed by atoms with Gasteiger partial charge in [-0.1, -0.05) is 6.07 Å². The monoisotopic (exact) mass is 376 g/mol. The molecule has 2 aliphatic rings. The normalized spacial score (nSPS) is 19.7. The number of likely N-dealkylation sites (tertiary alicyclic amines) is 1. The van der Waals surface area contributed by atoms with Crippen molar-refractivity contribution in [3.8, 4) is 5.75 Å². The first kappa shape index (κ1) is 19.8. The second-order valence-corrected chi connectivity index (χ2v) is 8.47. The Kier molecular flexibility index (Phi) is 6.15. The molecule has 0 saturated carbocycles. The molecule has 2 N–H and O–H groups in total. The highest BCUT2D eigenvalue weighted by atomic mass is 16.6. The molecule has 0 radical (unpaired) electrons. The molecule has 2 aliphatic heterocycles. The number of nitrogens with zero attached hydrogens (tertiary/aromatic N) is 1. The summed E-state index contributed by atoms with van der Waals surface area (Å²) in [4.78, 5) is 14.0. The van der Waals surface area contributed by atoms with Gasteiger partial charge in [0.1, 0.15) is 17.5 Å². The minimum atomic E-state index is -0.457. The number of carbonyl (C=O) groups is 1. The van der Waals surface area contributed by atoms with Gasteiger partial charge < -0.3 is 24.8 Å². The zero-order valence-corrected chi connectivity index (χ0v) is 16.7. The minimum Gasteiger partial charge on any atom is -0.488 e. The quantitative estimate of drug-likeness (QED) is 0.809. The Labute approximate surface area is 161 Å². The lowest BCUT2D eigenvalue weighted by atomic mass is 9.89. The summed E-state index contributed by atoms with van der Waals surface area (Å²) in [7, 11) is 0. The topological polar surface area (TPSA) is 74.0 Å². The SMILES string of the molecule is CC(C)(C)OC(=O)N1CCC(c2ccc(N)c(OC3CCOCC3)c2)CC1. The molecule has 0 aromatic heterocycles. The van der Waals surface area contributed by atoms with Crippen LogP contribution < -0.4 is 10.5 Å². The van der Waals surface area contributed by atoms with Crippen molar-refractivity contribution in [2.75, 3.05) is 32.0 Å². The average Bonchev–Trinajstić information content (AvgIpc) is 2.63. The Morgan fingerprint density at radius 2 is 1.81 bits per heavy atom. The first-order valence-corrected chi connectivity index (χ1v) is 9.93. The van der Waals surface area contributed by atoms with Gasteiger partial charge >= 0.3 is 6.09 Å². The molecule has 1 amide bonds. The maximum Gasteiger partial charge on any atom is 0.410 e. The zero-order valence-electron chi connectivity index (χ0n) is 16.7. The molecule has 2 heterocycles. The summed E-state index contributed by atoms with van der Waals surface area (Å²) >= 11 is 0. The first-order chi connectivity index (χ1) is 12.8. The van der Waals surface area contributed by atoms with Crippen molar-refractivity contribution in [1.82, 2.24) is 4.90 Å². The molecular weight excluding hydrogens is 344 g/mol. The van der Waals surface area contributed by atoms with Crippen LogP contribution in [0.25, 0.3) is 0 Å². The van der Waals surface area contributed by atoms with Crippen LogP contribution in [-0.2, 0) is 9.47 Å². The van der Waals surface area contributed by atoms with Gasteiger partial charge in [0, 0.05) is 25.9 Å². The van der Waals surface area contributed by atoms with Crippen LogP contribution >= 0.6 is 0 Å². The Hall–Kier alpha value is -1.95. The van der Waals surface area contributed by atoms with Gasteiger partial charge in [-0.2, -0.15) is 0 Å². The highest BCUT2D eigenvalue weighted by Gasteiger charge is 2.28. The fourth-order valence-electron chi connectivity index (χ4n) is 3.60. The highest BCUT2D eigenvalue weighted by molar-refractivity contribution is 5.68. The molecule has 3 rings (SSSR count). The minimum absolute atomic E-state index is 0.172. The van der Waals surface area contributed by atoms with Crippen LogP contribution in [-0.4, -0.2) is 49.0 Å². The Balaban J connectivity index is 1.59. The standard InChI is InChI=1S/C21H32N2O4/c1-21(2,3)27-20(24)23-10-6-15(7-11-23)16-4-5-18(22)19(14-16)26-17-8-12-25-13-9-17/h4-5,14-15,17H,6-13,22H2,1-3H3. The number of amides is 1. The molecule has 27 heavy (non-hydrogen) atoms. The van der Waals surface area contributed by atoms with E-state index in [9.17, 15) is 4.79 Å². The second kappa shape index (κ2) is 8.38. The smallest absolute Gasteiger partial charge is 0.410 e. The van der Waals surface area contributed by atoms with Crippen LogP contribution in [0, 0.1) is 0 Å². The van der Waals surface area contributed by atoms with Gasteiger partial charge in [-0.15, -0.1) is 0 Å². The summed E-state index contributed by atoms with van der Waals surface area (Å²) in [6, 6.07) is 6.10. The fraction of sp³-hybridized carbons (Fsp3) is 0.667. The molecule has 2 fully saturated rings. The van der Waals surface area contributed by atoms with Crippen molar-refractivity contribution >= 4 is 11.8 Å². The summed E-state index contributed by atoms with van der Waals surface area (Å²) in [5.74, 6) is 1.18. The van der Waals surface area contributed by atoms with Gasteiger partial charge in [0.2, 0.25) is 0 Å². The van der Waals surface area contributed by atoms with E-state index in [0.29, 0.717) is 24.7 Å². The first-order valence-electron chi connectivity index (χ1n) is 9.93. The van der Waals surface area contributed by atoms with Gasteiger partial charge in [-0.05, 0) is 57.2 Å². The van der Waals surface area contributed by atoms with E-state index in [1.54, 1.807) is 4.90 Å². The van der Waals surface area contributed by atoms with Gasteiger partial charge in [-0.25, -0.2) is 4.79 Å². The molecule has 2 saturated heterocycles. The number of rotatable bonds is 3. The summed E-state index contributed by atoms with van der Waals surface area (Å²) in [6.07, 6.45) is 3.59. The van der Waals surface area contributed by atoms with Gasteiger partial charge in [0.05, 0.1) is 18.9 Å². The fourth-order valence-corrected chi connectivity index (χ4v) is 3.60. The van der Waals surface area contributed by atoms with E-state index < -0.39 is 5.60 Å². The van der Waals surface area contributed by atoms with E-state index >= 15 is 0 Å². The predicted octanol–water partition coefficient (Wildman–Crippen LogP) is 3.94. The molecule has 0 bridgehead atoms. The number of hydrogen-bond donors (Lipinski definition) is 1. The third-order valence-electron chi connectivity index (χ3n) is 5.12. The molecule has 1 aromatic carbocycles. The highest BCUT2D eigenvalue weighted by Crippen LogP contribution is 2.34. The third-order valence-corrected chi connectivity index (χ3v) is 5.12. The predicted molar refractivity (Wildman–Crippen MR) is 105 cm³/mol. The van der Waals surface area contributed by atoms with Crippen LogP contribution in [0.3, 0.4) is 0 Å². The summed E-state index contributed by atoms with van der Waals surface area (Å²) in [5.41, 5.74) is 7.58. The van der Waals surface area contributed by atoms with Crippen molar-refractivity contribution in [3.05, 3.63) is 23.8 Å². The number of ether oxygens (including phenoxy) is 3. The molecule has 0 aliphatic carbocycles. The number of carbonyl (C=O) groups excluding carboxylic acids is 1. The lowest BCUT2D eigenvalue weighted by molar-refractivity contribution is 0.0202. The molecule has 1 aromatic rings. The van der Waals surface area contributed by atoms with Gasteiger partial charge in [0.15, 0.2) is 0 Å². The molecule has 6 heteroatoms. The van der Waals surface area contributed by atoms with E-state index in [-0.39, 0.29) is 12.2 Å². The average molecular weight is 376 g/mol. The van der Waals surface area contributed by atoms with E-state index in [2.05, 4.69) is 12.1 Å². The maximum absolute atomic E-state index is 12.2. The van der Waals surface area contributed by atoms with Gasteiger partial charge in [-0.3, -0.25) is 0 Å². The number of hydrogen-bond acceptors (Lipinski definition) is 5. The van der Waals surface area contributed by atoms with E-state index in [4.69, 9.17) is 19.9 Å². The molecule has 150 valence electrons. The van der Waals surface area contributed by atoms with Gasteiger partial charge in [0.25, 0.3) is 0 Å². The van der Waals surface area contributed by atoms with Crippen molar-refractivity contribution in [1.29, 1.82) is 0 Å². The number of nitrogens with two attached hydrogens (primary N) is 1. The van der Waals surface area contributed by atoms with Crippen molar-refractivity contribution < 1.29 is 19.0 Å². The van der Waals surface area contributed by atoms with Crippen LogP contribution in [0.5, 0.6) is 5.75 Å². The van der Waals surface area contributed by atoms with Crippen molar-refractivity contribution in [2.24, 2.45) is 0 Å². The molecular formula is C21H32N2O4. The van der Waals surface area contributed by atoms with Crippen LogP contribution in [0.1, 0.15) is 57.9 Å². The lowest BCUT2D eigenvalue weighted by Crippen LogP contribution is -2.41. The van der Waals surface area contributed by atoms with Crippen LogP contribution in [0.4, 0.5) is 10.5 Å². The number of nitrogen functional groups attached to an aromatic ring is 1. The molecule has 6 nitrogen and oxygen atoms in total. The Morgan fingerprint density at radius 3 is 2.44 bits per heavy atom. The van der Waals surface area contributed by atoms with E-state index in [1.807, 2.05) is 26.8 Å². The summed E-state index contributed by atoms with van der Waals surface area (Å²) < 4.78 is 17.0. The second-order valence-electron chi connectivity index (χ2n) is 8.47. The molecule has 0 atom stereocenters. The summed E-state index contributed by atoms with van der Waals surface area (Å²) in [6.45, 7) is 8.59. The zero-order chi connectivity index (χ0) is 19.4. The van der Waals surface area contributed by atoms with E-state index in [0.717, 1.165) is 44.6 Å². The molecule has 0 unspecified atom stereocenters. The lowest BCUT2D eigenvalue weighted by Gasteiger charge is -2.34. The van der Waals surface area contributed by atoms with Crippen molar-refractivity contribution in [2.45, 2.75) is 64.1 Å². The Morgan fingerprint density at radius 1 is 1.15 bits per heavy atom. The Bertz CT molecular complexity index is 642. The largest absolute Gasteiger partial charge is 0.488 e. The van der Waals surface area contributed by atoms with Crippen LogP contribution in [0.2, 0.25) is 0 Å². The summed E-state index contributed by atoms with van der Waals surface area (Å²) in [5, 5.41) is 0.